The van der Waals surface area contributed by atoms with Crippen molar-refractivity contribution in [3.63, 3.8) is 0 Å². The Morgan fingerprint density at radius 1 is 1.27 bits per heavy atom. The molecule has 5 nitrogen and oxygen atoms in total. The molecule has 5 heteroatoms. The van der Waals surface area contributed by atoms with Crippen LogP contribution >= 0.6 is 0 Å². The van der Waals surface area contributed by atoms with E-state index in [0.717, 1.165) is 17.9 Å². The number of aromatic nitrogens is 3. The van der Waals surface area contributed by atoms with E-state index in [4.69, 9.17) is 4.52 Å². The van der Waals surface area contributed by atoms with Crippen LogP contribution < -0.4 is 5.32 Å². The van der Waals surface area contributed by atoms with Crippen LogP contribution in [0, 0.1) is 12.8 Å². The van der Waals surface area contributed by atoms with Crippen molar-refractivity contribution in [3.05, 3.63) is 59.5 Å². The van der Waals surface area contributed by atoms with Gasteiger partial charge in [0, 0.05) is 23.7 Å². The van der Waals surface area contributed by atoms with E-state index < -0.39 is 0 Å². The van der Waals surface area contributed by atoms with Gasteiger partial charge in [0.2, 0.25) is 0 Å². The second kappa shape index (κ2) is 5.94. The first-order valence-corrected chi connectivity index (χ1v) is 9.34. The second-order valence-electron chi connectivity index (χ2n) is 7.53. The molecule has 3 aromatic rings. The van der Waals surface area contributed by atoms with Crippen molar-refractivity contribution in [3.8, 4) is 11.5 Å². The number of hydrogen-bond acceptors (Lipinski definition) is 5. The van der Waals surface area contributed by atoms with E-state index in [2.05, 4.69) is 44.7 Å². The van der Waals surface area contributed by atoms with Gasteiger partial charge in [0.25, 0.3) is 5.89 Å². The van der Waals surface area contributed by atoms with Gasteiger partial charge in [0.05, 0.1) is 0 Å². The first kappa shape index (κ1) is 15.6. The SMILES string of the molecule is Cc1noc(-c2ccnc(NCC3CC34CCCc3ccccc34)c2)n1. The lowest BCUT2D eigenvalue weighted by Crippen LogP contribution is -2.21. The maximum absolute atomic E-state index is 5.26. The Morgan fingerprint density at radius 2 is 2.19 bits per heavy atom. The fourth-order valence-corrected chi connectivity index (χ4v) is 4.54. The molecule has 1 aromatic carbocycles. The highest BCUT2D eigenvalue weighted by Gasteiger charge is 2.55. The van der Waals surface area contributed by atoms with Gasteiger partial charge in [0.1, 0.15) is 5.82 Å². The molecule has 1 saturated carbocycles. The first-order valence-electron chi connectivity index (χ1n) is 9.34. The number of rotatable bonds is 4. The van der Waals surface area contributed by atoms with Crippen molar-refractivity contribution in [2.75, 3.05) is 11.9 Å². The molecular weight excluding hydrogens is 324 g/mol. The summed E-state index contributed by atoms with van der Waals surface area (Å²) >= 11 is 0. The number of nitrogens with zero attached hydrogens (tertiary/aromatic N) is 3. The fraction of sp³-hybridized carbons (Fsp3) is 0.381. The molecule has 2 heterocycles. The van der Waals surface area contributed by atoms with Crippen LogP contribution in [0.1, 0.15) is 36.2 Å². The molecule has 2 atom stereocenters. The Bertz CT molecular complexity index is 950. The molecule has 0 aliphatic heterocycles. The third-order valence-corrected chi connectivity index (χ3v) is 5.92. The Kier molecular flexibility index (Phi) is 3.55. The number of hydrogen-bond donors (Lipinski definition) is 1. The molecule has 5 rings (SSSR count). The zero-order valence-electron chi connectivity index (χ0n) is 14.9. The number of pyridine rings is 1. The Balaban J connectivity index is 1.30. The molecule has 26 heavy (non-hydrogen) atoms. The summed E-state index contributed by atoms with van der Waals surface area (Å²) in [7, 11) is 0. The highest BCUT2D eigenvalue weighted by Crippen LogP contribution is 2.60. The lowest BCUT2D eigenvalue weighted by Gasteiger charge is -2.26. The zero-order chi connectivity index (χ0) is 17.6. The molecule has 0 amide bonds. The minimum absolute atomic E-state index is 0.392. The predicted molar refractivity (Wildman–Crippen MR) is 99.9 cm³/mol. The van der Waals surface area contributed by atoms with E-state index in [0.29, 0.717) is 23.0 Å². The van der Waals surface area contributed by atoms with Gasteiger partial charge < -0.3 is 9.84 Å². The topological polar surface area (TPSA) is 63.8 Å². The molecule has 1 fully saturated rings. The van der Waals surface area contributed by atoms with E-state index in [-0.39, 0.29) is 0 Å². The van der Waals surface area contributed by atoms with Gasteiger partial charge >= 0.3 is 0 Å². The van der Waals surface area contributed by atoms with Crippen LogP contribution in [0.4, 0.5) is 5.82 Å². The summed E-state index contributed by atoms with van der Waals surface area (Å²) in [5.41, 5.74) is 4.43. The highest BCUT2D eigenvalue weighted by atomic mass is 16.5. The van der Waals surface area contributed by atoms with Crippen molar-refractivity contribution in [2.45, 2.75) is 38.0 Å². The molecule has 0 bridgehead atoms. The quantitative estimate of drug-likeness (QED) is 0.769. The Labute approximate surface area is 152 Å². The van der Waals surface area contributed by atoms with Crippen LogP contribution in [0.15, 0.2) is 47.1 Å². The summed E-state index contributed by atoms with van der Waals surface area (Å²) in [4.78, 5) is 8.74. The van der Waals surface area contributed by atoms with E-state index in [1.54, 1.807) is 17.3 Å². The van der Waals surface area contributed by atoms with E-state index >= 15 is 0 Å². The molecule has 1 N–H and O–H groups in total. The van der Waals surface area contributed by atoms with Crippen LogP contribution in [0.2, 0.25) is 0 Å². The van der Waals surface area contributed by atoms with Gasteiger partial charge in [-0.2, -0.15) is 4.98 Å². The van der Waals surface area contributed by atoms with Crippen LogP contribution in [0.25, 0.3) is 11.5 Å². The summed E-state index contributed by atoms with van der Waals surface area (Å²) in [5.74, 6) is 2.73. The summed E-state index contributed by atoms with van der Waals surface area (Å²) in [6.07, 6.45) is 6.91. The molecular formula is C21H22N4O. The maximum Gasteiger partial charge on any atom is 0.258 e. The normalized spacial score (nSPS) is 23.7. The van der Waals surface area contributed by atoms with Crippen molar-refractivity contribution in [2.24, 2.45) is 5.92 Å². The van der Waals surface area contributed by atoms with Gasteiger partial charge in [-0.3, -0.25) is 0 Å². The van der Waals surface area contributed by atoms with Crippen LogP contribution in [0.5, 0.6) is 0 Å². The lowest BCUT2D eigenvalue weighted by molar-refractivity contribution is 0.425. The molecule has 2 unspecified atom stereocenters. The number of fused-ring (bicyclic) bond motifs is 2. The van der Waals surface area contributed by atoms with Gasteiger partial charge in [-0.05, 0) is 61.8 Å². The number of benzene rings is 1. The van der Waals surface area contributed by atoms with Crippen molar-refractivity contribution in [1.82, 2.24) is 15.1 Å². The number of nitrogens with one attached hydrogen (secondary N) is 1. The second-order valence-corrected chi connectivity index (χ2v) is 7.53. The summed E-state index contributed by atoms with van der Waals surface area (Å²) in [6.45, 7) is 2.77. The van der Waals surface area contributed by atoms with Gasteiger partial charge in [-0.1, -0.05) is 29.4 Å². The summed E-state index contributed by atoms with van der Waals surface area (Å²) < 4.78 is 5.26. The Morgan fingerprint density at radius 3 is 3.08 bits per heavy atom. The van der Waals surface area contributed by atoms with Gasteiger partial charge in [-0.15, -0.1) is 0 Å². The molecule has 2 aliphatic carbocycles. The van der Waals surface area contributed by atoms with E-state index in [1.165, 1.54) is 25.7 Å². The third kappa shape index (κ3) is 2.59. The predicted octanol–water partition coefficient (Wildman–Crippen LogP) is 4.15. The van der Waals surface area contributed by atoms with Crippen LogP contribution in [-0.2, 0) is 11.8 Å². The van der Waals surface area contributed by atoms with E-state index in [1.807, 2.05) is 19.1 Å². The lowest BCUT2D eigenvalue weighted by atomic mass is 9.78. The Hall–Kier alpha value is -2.69. The number of anilines is 1. The van der Waals surface area contributed by atoms with Crippen LogP contribution in [-0.4, -0.2) is 21.7 Å². The fourth-order valence-electron chi connectivity index (χ4n) is 4.54. The standard InChI is InChI=1S/C21H22N4O/c1-14-24-20(26-25-14)16-8-10-22-19(11-16)23-13-17-12-21(17)9-4-6-15-5-2-3-7-18(15)21/h2-3,5,7-8,10-11,17H,4,6,9,12-13H2,1H3,(H,22,23). The monoisotopic (exact) mass is 346 g/mol. The summed E-state index contributed by atoms with van der Waals surface area (Å²) in [5, 5.41) is 7.38. The zero-order valence-corrected chi connectivity index (χ0v) is 14.9. The summed E-state index contributed by atoms with van der Waals surface area (Å²) in [6, 6.07) is 12.9. The van der Waals surface area contributed by atoms with Crippen molar-refractivity contribution < 1.29 is 4.52 Å². The average molecular weight is 346 g/mol. The molecule has 2 aliphatic rings. The largest absolute Gasteiger partial charge is 0.370 e. The number of aryl methyl sites for hydroxylation is 2. The molecule has 0 saturated heterocycles. The van der Waals surface area contributed by atoms with Crippen molar-refractivity contribution >= 4 is 5.82 Å². The average Bonchev–Trinajstić information content (AvgIpc) is 3.18. The maximum atomic E-state index is 5.26. The van der Waals surface area contributed by atoms with Gasteiger partial charge in [-0.25, -0.2) is 4.98 Å². The van der Waals surface area contributed by atoms with Gasteiger partial charge in [0.15, 0.2) is 5.82 Å². The molecule has 0 radical (unpaired) electrons. The van der Waals surface area contributed by atoms with E-state index in [9.17, 15) is 0 Å². The minimum atomic E-state index is 0.392. The molecule has 1 spiro atoms. The van der Waals surface area contributed by atoms with Crippen LogP contribution in [0.3, 0.4) is 0 Å². The first-order chi connectivity index (χ1) is 12.7. The molecule has 2 aromatic heterocycles. The third-order valence-electron chi connectivity index (χ3n) is 5.92. The molecule has 132 valence electrons. The van der Waals surface area contributed by atoms with Crippen molar-refractivity contribution in [1.29, 1.82) is 0 Å². The smallest absolute Gasteiger partial charge is 0.258 e. The highest BCUT2D eigenvalue weighted by molar-refractivity contribution is 5.58. The minimum Gasteiger partial charge on any atom is -0.370 e.